The van der Waals surface area contributed by atoms with Crippen molar-refractivity contribution in [2.45, 2.75) is 32.1 Å². The van der Waals surface area contributed by atoms with Crippen LogP contribution in [0.1, 0.15) is 37.1 Å². The number of hydrogen-bond acceptors (Lipinski definition) is 3. The summed E-state index contributed by atoms with van der Waals surface area (Å²) in [5.41, 5.74) is 7.72. The molecule has 0 radical (unpaired) electrons. The van der Waals surface area contributed by atoms with Crippen molar-refractivity contribution < 1.29 is 9.84 Å². The van der Waals surface area contributed by atoms with Crippen molar-refractivity contribution in [3.8, 4) is 5.75 Å². The fourth-order valence-corrected chi connectivity index (χ4v) is 2.22. The molecule has 3 nitrogen and oxygen atoms in total. The van der Waals surface area contributed by atoms with E-state index in [1.54, 1.807) is 12.1 Å². The van der Waals surface area contributed by atoms with Gasteiger partial charge in [-0.15, -0.1) is 12.4 Å². The summed E-state index contributed by atoms with van der Waals surface area (Å²) in [6, 6.07) is 14.0. The lowest BCUT2D eigenvalue weighted by Gasteiger charge is -2.20. The van der Waals surface area contributed by atoms with Gasteiger partial charge in [-0.2, -0.15) is 0 Å². The Balaban J connectivity index is 0.00000242. The zero-order valence-electron chi connectivity index (χ0n) is 12.6. The Morgan fingerprint density at radius 3 is 1.95 bits per heavy atom. The Morgan fingerprint density at radius 2 is 1.45 bits per heavy atom. The monoisotopic (exact) mass is 341 g/mol. The number of hydrogen-bond donors (Lipinski definition) is 2. The minimum Gasteiger partial charge on any atom is -0.491 e. The summed E-state index contributed by atoms with van der Waals surface area (Å²) in [5, 5.41) is 11.0. The van der Waals surface area contributed by atoms with Crippen LogP contribution in [0.15, 0.2) is 48.5 Å². The maximum atomic E-state index is 10.4. The van der Waals surface area contributed by atoms with Crippen LogP contribution in [0.3, 0.4) is 0 Å². The van der Waals surface area contributed by atoms with Crippen LogP contribution >= 0.6 is 24.0 Å². The molecule has 0 aliphatic carbocycles. The van der Waals surface area contributed by atoms with Crippen LogP contribution in [0.5, 0.6) is 5.75 Å². The van der Waals surface area contributed by atoms with Crippen molar-refractivity contribution in [1.29, 1.82) is 0 Å². The molecule has 2 atom stereocenters. The van der Waals surface area contributed by atoms with Gasteiger partial charge in [-0.05, 0) is 49.2 Å². The number of ether oxygens (including phenoxy) is 1. The van der Waals surface area contributed by atoms with E-state index in [4.69, 9.17) is 22.1 Å². The number of halogens is 2. The molecule has 0 fully saturated rings. The van der Waals surface area contributed by atoms with Crippen LogP contribution in [0, 0.1) is 0 Å². The smallest absolute Gasteiger partial charge is 0.119 e. The van der Waals surface area contributed by atoms with E-state index in [1.165, 1.54) is 0 Å². The first-order valence-electron chi connectivity index (χ1n) is 6.93. The molecule has 0 aliphatic heterocycles. The molecule has 2 rings (SSSR count). The highest BCUT2D eigenvalue weighted by molar-refractivity contribution is 6.30. The normalized spacial score (nSPS) is 13.4. The molecule has 0 unspecified atom stereocenters. The van der Waals surface area contributed by atoms with Crippen molar-refractivity contribution in [3.63, 3.8) is 0 Å². The third-order valence-corrected chi connectivity index (χ3v) is 3.44. The van der Waals surface area contributed by atoms with Crippen LogP contribution in [0.4, 0.5) is 0 Å². The molecule has 0 saturated carbocycles. The molecule has 22 heavy (non-hydrogen) atoms. The van der Waals surface area contributed by atoms with E-state index in [-0.39, 0.29) is 18.5 Å². The van der Waals surface area contributed by atoms with E-state index in [0.29, 0.717) is 5.02 Å². The van der Waals surface area contributed by atoms with Gasteiger partial charge in [0.2, 0.25) is 0 Å². The number of rotatable bonds is 5. The van der Waals surface area contributed by atoms with Crippen LogP contribution in [-0.4, -0.2) is 11.2 Å². The number of aliphatic hydroxyl groups excluding tert-OH is 1. The molecule has 0 bridgehead atoms. The van der Waals surface area contributed by atoms with Gasteiger partial charge in [0.25, 0.3) is 0 Å². The standard InChI is InChI=1S/C17H20ClNO2.ClH/c1-11(2)21-15-9-5-13(6-10-15)17(20)16(19)12-3-7-14(18)8-4-12;/h3-11,16-17,20H,19H2,1-2H3;1H/t16-,17+;/m1./s1. The van der Waals surface area contributed by atoms with Gasteiger partial charge in [0.1, 0.15) is 5.75 Å². The third-order valence-electron chi connectivity index (χ3n) is 3.19. The highest BCUT2D eigenvalue weighted by atomic mass is 35.5. The molecule has 3 N–H and O–H groups in total. The minimum atomic E-state index is -0.778. The van der Waals surface area contributed by atoms with Crippen LogP contribution in [0.2, 0.25) is 5.02 Å². The van der Waals surface area contributed by atoms with E-state index in [0.717, 1.165) is 16.9 Å². The van der Waals surface area contributed by atoms with Gasteiger partial charge in [0.15, 0.2) is 0 Å². The maximum Gasteiger partial charge on any atom is 0.119 e. The second-order valence-electron chi connectivity index (χ2n) is 5.26. The van der Waals surface area contributed by atoms with E-state index >= 15 is 0 Å². The molecular weight excluding hydrogens is 321 g/mol. The fraction of sp³-hybridized carbons (Fsp3) is 0.294. The fourth-order valence-electron chi connectivity index (χ4n) is 2.09. The van der Waals surface area contributed by atoms with E-state index in [1.807, 2.05) is 50.2 Å². The molecule has 2 aromatic rings. The number of nitrogens with two attached hydrogens (primary N) is 1. The highest BCUT2D eigenvalue weighted by Crippen LogP contribution is 2.28. The van der Waals surface area contributed by atoms with Crippen molar-refractivity contribution >= 4 is 24.0 Å². The van der Waals surface area contributed by atoms with Crippen LogP contribution in [0.25, 0.3) is 0 Å². The predicted octanol–water partition coefficient (Wildman–Crippen LogP) is 4.28. The second-order valence-corrected chi connectivity index (χ2v) is 5.69. The molecule has 0 aromatic heterocycles. The largest absolute Gasteiger partial charge is 0.491 e. The first-order chi connectivity index (χ1) is 9.97. The molecule has 0 aliphatic rings. The number of aliphatic hydroxyl groups is 1. The van der Waals surface area contributed by atoms with E-state index in [9.17, 15) is 5.11 Å². The van der Waals surface area contributed by atoms with E-state index < -0.39 is 12.1 Å². The molecule has 5 heteroatoms. The first kappa shape index (κ1) is 18.8. The highest BCUT2D eigenvalue weighted by Gasteiger charge is 2.18. The summed E-state index contributed by atoms with van der Waals surface area (Å²) in [7, 11) is 0. The van der Waals surface area contributed by atoms with Gasteiger partial charge < -0.3 is 15.6 Å². The van der Waals surface area contributed by atoms with Crippen molar-refractivity contribution in [1.82, 2.24) is 0 Å². The Kier molecular flexibility index (Phi) is 7.17. The summed E-state index contributed by atoms with van der Waals surface area (Å²) in [5.74, 6) is 0.779. The Hall–Kier alpha value is -1.26. The zero-order valence-corrected chi connectivity index (χ0v) is 14.1. The summed E-state index contributed by atoms with van der Waals surface area (Å²) in [4.78, 5) is 0. The molecule has 0 heterocycles. The van der Waals surface area contributed by atoms with Gasteiger partial charge in [0.05, 0.1) is 18.2 Å². The summed E-state index contributed by atoms with van der Waals surface area (Å²) in [6.07, 6.45) is -0.656. The van der Waals surface area contributed by atoms with Crippen molar-refractivity contribution in [2.24, 2.45) is 5.73 Å². The maximum absolute atomic E-state index is 10.4. The SMILES string of the molecule is CC(C)Oc1ccc([C@H](O)[C@H](N)c2ccc(Cl)cc2)cc1.Cl. The minimum absolute atomic E-state index is 0. The van der Waals surface area contributed by atoms with Crippen molar-refractivity contribution in [3.05, 3.63) is 64.7 Å². The molecule has 0 saturated heterocycles. The Bertz CT molecular complexity index is 570. The van der Waals surface area contributed by atoms with Crippen LogP contribution in [-0.2, 0) is 0 Å². The summed E-state index contributed by atoms with van der Waals surface area (Å²) >= 11 is 5.85. The van der Waals surface area contributed by atoms with Gasteiger partial charge in [-0.25, -0.2) is 0 Å². The summed E-state index contributed by atoms with van der Waals surface area (Å²) in [6.45, 7) is 3.94. The molecule has 0 amide bonds. The summed E-state index contributed by atoms with van der Waals surface area (Å²) < 4.78 is 5.58. The molecule has 2 aromatic carbocycles. The third kappa shape index (κ3) is 4.89. The lowest BCUT2D eigenvalue weighted by molar-refractivity contribution is 0.147. The van der Waals surface area contributed by atoms with E-state index in [2.05, 4.69) is 0 Å². The van der Waals surface area contributed by atoms with Gasteiger partial charge >= 0.3 is 0 Å². The predicted molar refractivity (Wildman–Crippen MR) is 92.8 cm³/mol. The lowest BCUT2D eigenvalue weighted by atomic mass is 9.96. The molecular formula is C17H21Cl2NO2. The Labute approximate surface area is 142 Å². The topological polar surface area (TPSA) is 55.5 Å². The quantitative estimate of drug-likeness (QED) is 0.853. The molecule has 120 valence electrons. The first-order valence-corrected chi connectivity index (χ1v) is 7.31. The Morgan fingerprint density at radius 1 is 0.955 bits per heavy atom. The van der Waals surface area contributed by atoms with Gasteiger partial charge in [0, 0.05) is 5.02 Å². The second kappa shape index (κ2) is 8.39. The zero-order chi connectivity index (χ0) is 15.4. The lowest BCUT2D eigenvalue weighted by Crippen LogP contribution is -2.19. The average molecular weight is 342 g/mol. The average Bonchev–Trinajstić information content (AvgIpc) is 2.47. The van der Waals surface area contributed by atoms with Crippen LogP contribution < -0.4 is 10.5 Å². The van der Waals surface area contributed by atoms with Gasteiger partial charge in [-0.1, -0.05) is 35.9 Å². The number of benzene rings is 2. The van der Waals surface area contributed by atoms with Crippen molar-refractivity contribution in [2.75, 3.05) is 0 Å². The molecule has 0 spiro atoms. The van der Waals surface area contributed by atoms with Gasteiger partial charge in [-0.3, -0.25) is 0 Å².